The minimum absolute atomic E-state index is 0.0165. The van der Waals surface area contributed by atoms with Gasteiger partial charge in [0.25, 0.3) is 15.9 Å². The Morgan fingerprint density at radius 3 is 2.44 bits per heavy atom. The van der Waals surface area contributed by atoms with Crippen LogP contribution >= 0.6 is 15.9 Å². The fourth-order valence-electron chi connectivity index (χ4n) is 3.45. The van der Waals surface area contributed by atoms with Crippen molar-refractivity contribution in [2.75, 3.05) is 22.8 Å². The van der Waals surface area contributed by atoms with E-state index in [4.69, 9.17) is 4.74 Å². The number of amides is 1. The summed E-state index contributed by atoms with van der Waals surface area (Å²) in [7, 11) is -3.92. The number of halogens is 1. The van der Waals surface area contributed by atoms with Crippen LogP contribution in [0.25, 0.3) is 0 Å². The maximum absolute atomic E-state index is 12.7. The lowest BCUT2D eigenvalue weighted by atomic mass is 10.2. The van der Waals surface area contributed by atoms with Crippen molar-refractivity contribution in [2.45, 2.75) is 11.3 Å². The minimum Gasteiger partial charge on any atom is -0.452 e. The van der Waals surface area contributed by atoms with Crippen molar-refractivity contribution in [3.8, 4) is 0 Å². The number of rotatable bonds is 6. The highest BCUT2D eigenvalue weighted by Crippen LogP contribution is 2.27. The summed E-state index contributed by atoms with van der Waals surface area (Å²) in [5, 5.41) is 0. The molecule has 0 saturated heterocycles. The van der Waals surface area contributed by atoms with Crippen molar-refractivity contribution >= 4 is 49.2 Å². The maximum Gasteiger partial charge on any atom is 0.340 e. The molecule has 0 radical (unpaired) electrons. The topological polar surface area (TPSA) is 92.8 Å². The molecule has 0 saturated carbocycles. The van der Waals surface area contributed by atoms with Crippen LogP contribution in [0.4, 0.5) is 11.4 Å². The number of fused-ring (bicyclic) bond motifs is 1. The summed E-state index contributed by atoms with van der Waals surface area (Å²) in [4.78, 5) is 26.9. The van der Waals surface area contributed by atoms with Crippen LogP contribution in [0, 0.1) is 0 Å². The fourth-order valence-corrected chi connectivity index (χ4v) is 4.79. The van der Waals surface area contributed by atoms with Gasteiger partial charge in [-0.15, -0.1) is 0 Å². The Kier molecular flexibility index (Phi) is 6.29. The SMILES string of the molecule is O=C(OCC(=O)N1CCc2ccccc21)c1ccccc1NS(=O)(=O)c1ccc(Br)cc1. The van der Waals surface area contributed by atoms with E-state index < -0.39 is 22.6 Å². The molecule has 1 N–H and O–H groups in total. The summed E-state index contributed by atoms with van der Waals surface area (Å²) in [6.07, 6.45) is 0.747. The molecular formula is C23H19BrN2O5S. The monoisotopic (exact) mass is 514 g/mol. The number of carbonyl (C=O) groups is 2. The number of anilines is 2. The van der Waals surface area contributed by atoms with Crippen molar-refractivity contribution < 1.29 is 22.7 Å². The van der Waals surface area contributed by atoms with Crippen LogP contribution in [0.15, 0.2) is 82.2 Å². The lowest BCUT2D eigenvalue weighted by Crippen LogP contribution is -2.33. The number of benzene rings is 3. The first-order chi connectivity index (χ1) is 15.3. The van der Waals surface area contributed by atoms with E-state index in [0.29, 0.717) is 6.54 Å². The van der Waals surface area contributed by atoms with E-state index in [2.05, 4.69) is 20.7 Å². The molecule has 164 valence electrons. The lowest BCUT2D eigenvalue weighted by Gasteiger charge is -2.17. The Morgan fingerprint density at radius 1 is 0.969 bits per heavy atom. The molecular weight excluding hydrogens is 496 g/mol. The Morgan fingerprint density at radius 2 is 1.66 bits per heavy atom. The molecule has 1 amide bonds. The van der Waals surface area contributed by atoms with Gasteiger partial charge in [0, 0.05) is 16.7 Å². The van der Waals surface area contributed by atoms with Crippen molar-refractivity contribution in [1.29, 1.82) is 0 Å². The molecule has 1 aliphatic heterocycles. The fraction of sp³-hybridized carbons (Fsp3) is 0.130. The van der Waals surface area contributed by atoms with Gasteiger partial charge in [-0.1, -0.05) is 46.3 Å². The summed E-state index contributed by atoms with van der Waals surface area (Å²) in [6.45, 7) is 0.0836. The number of hydrogen-bond acceptors (Lipinski definition) is 5. The zero-order chi connectivity index (χ0) is 22.7. The van der Waals surface area contributed by atoms with Gasteiger partial charge >= 0.3 is 5.97 Å². The quantitative estimate of drug-likeness (QED) is 0.502. The summed E-state index contributed by atoms with van der Waals surface area (Å²) < 4.78 is 33.8. The Bertz CT molecular complexity index is 1280. The van der Waals surface area contributed by atoms with Gasteiger partial charge in [-0.3, -0.25) is 9.52 Å². The average Bonchev–Trinajstić information content (AvgIpc) is 3.22. The largest absolute Gasteiger partial charge is 0.452 e. The Hall–Kier alpha value is -3.17. The molecule has 0 aromatic heterocycles. The second-order valence-corrected chi connectivity index (χ2v) is 9.70. The number of para-hydroxylation sites is 2. The van der Waals surface area contributed by atoms with E-state index in [0.717, 1.165) is 22.1 Å². The third-order valence-corrected chi connectivity index (χ3v) is 6.94. The Balaban J connectivity index is 1.46. The molecule has 0 bridgehead atoms. The summed E-state index contributed by atoms with van der Waals surface area (Å²) in [5.74, 6) is -1.13. The van der Waals surface area contributed by atoms with Crippen LogP contribution < -0.4 is 9.62 Å². The van der Waals surface area contributed by atoms with E-state index >= 15 is 0 Å². The first-order valence-corrected chi connectivity index (χ1v) is 12.1. The molecule has 32 heavy (non-hydrogen) atoms. The summed E-state index contributed by atoms with van der Waals surface area (Å²) in [6, 6.07) is 19.8. The van der Waals surface area contributed by atoms with Crippen LogP contribution in [0.3, 0.4) is 0 Å². The van der Waals surface area contributed by atoms with E-state index in [1.165, 1.54) is 24.3 Å². The van der Waals surface area contributed by atoms with E-state index in [1.807, 2.05) is 24.3 Å². The molecule has 4 rings (SSSR count). The van der Waals surface area contributed by atoms with Crippen LogP contribution in [0.5, 0.6) is 0 Å². The van der Waals surface area contributed by atoms with Crippen LogP contribution in [0.2, 0.25) is 0 Å². The third-order valence-electron chi connectivity index (χ3n) is 5.03. The number of hydrogen-bond donors (Lipinski definition) is 1. The number of nitrogens with one attached hydrogen (secondary N) is 1. The highest BCUT2D eigenvalue weighted by atomic mass is 79.9. The number of nitrogens with zero attached hydrogens (tertiary/aromatic N) is 1. The zero-order valence-corrected chi connectivity index (χ0v) is 19.2. The molecule has 0 atom stereocenters. The lowest BCUT2D eigenvalue weighted by molar-refractivity contribution is -0.121. The van der Waals surface area contributed by atoms with Crippen molar-refractivity contribution in [3.05, 3.63) is 88.4 Å². The van der Waals surface area contributed by atoms with E-state index in [-0.39, 0.29) is 22.1 Å². The molecule has 7 nitrogen and oxygen atoms in total. The molecule has 0 fully saturated rings. The number of sulfonamides is 1. The van der Waals surface area contributed by atoms with E-state index in [1.54, 1.807) is 29.2 Å². The normalized spacial score (nSPS) is 12.8. The molecule has 3 aromatic rings. The predicted octanol–water partition coefficient (Wildman–Crippen LogP) is 4.00. The second-order valence-electron chi connectivity index (χ2n) is 7.11. The second kappa shape index (κ2) is 9.13. The van der Waals surface area contributed by atoms with E-state index in [9.17, 15) is 18.0 Å². The molecule has 3 aromatic carbocycles. The standard InChI is InChI=1S/C23H19BrN2O5S/c24-17-9-11-18(12-10-17)32(29,30)25-20-7-3-2-6-19(20)23(28)31-15-22(27)26-14-13-16-5-1-4-8-21(16)26/h1-12,25H,13-15H2. The zero-order valence-electron chi connectivity index (χ0n) is 16.8. The molecule has 0 unspecified atom stereocenters. The number of carbonyl (C=O) groups excluding carboxylic acids is 2. The summed E-state index contributed by atoms with van der Waals surface area (Å²) in [5.41, 5.74) is 1.97. The number of esters is 1. The van der Waals surface area contributed by atoms with Gasteiger partial charge in [0.05, 0.1) is 16.1 Å². The number of ether oxygens (including phenoxy) is 1. The molecule has 9 heteroatoms. The third kappa shape index (κ3) is 4.68. The minimum atomic E-state index is -3.92. The first-order valence-electron chi connectivity index (χ1n) is 9.78. The van der Waals surface area contributed by atoms with Gasteiger partial charge in [-0.2, -0.15) is 0 Å². The molecule has 1 heterocycles. The van der Waals surface area contributed by atoms with Crippen molar-refractivity contribution in [3.63, 3.8) is 0 Å². The Labute approximate surface area is 194 Å². The van der Waals surface area contributed by atoms with Crippen LogP contribution in [-0.4, -0.2) is 33.4 Å². The predicted molar refractivity (Wildman–Crippen MR) is 124 cm³/mol. The average molecular weight is 515 g/mol. The highest BCUT2D eigenvalue weighted by molar-refractivity contribution is 9.10. The first kappa shape index (κ1) is 22.0. The molecule has 1 aliphatic rings. The van der Waals surface area contributed by atoms with Gasteiger partial charge in [0.1, 0.15) is 0 Å². The van der Waals surface area contributed by atoms with Gasteiger partial charge < -0.3 is 9.64 Å². The van der Waals surface area contributed by atoms with Gasteiger partial charge in [-0.25, -0.2) is 13.2 Å². The van der Waals surface area contributed by atoms with Crippen molar-refractivity contribution in [2.24, 2.45) is 0 Å². The van der Waals surface area contributed by atoms with Gasteiger partial charge in [0.2, 0.25) is 0 Å². The smallest absolute Gasteiger partial charge is 0.340 e. The molecule has 0 spiro atoms. The van der Waals surface area contributed by atoms with Crippen molar-refractivity contribution in [1.82, 2.24) is 0 Å². The maximum atomic E-state index is 12.7. The van der Waals surface area contributed by atoms with Gasteiger partial charge in [-0.05, 0) is 54.4 Å². The summed E-state index contributed by atoms with van der Waals surface area (Å²) >= 11 is 3.26. The van der Waals surface area contributed by atoms with Crippen LogP contribution in [0.1, 0.15) is 15.9 Å². The van der Waals surface area contributed by atoms with Gasteiger partial charge in [0.15, 0.2) is 6.61 Å². The highest BCUT2D eigenvalue weighted by Gasteiger charge is 2.26. The molecule has 0 aliphatic carbocycles. The van der Waals surface area contributed by atoms with Crippen LogP contribution in [-0.2, 0) is 26.0 Å².